The number of carbonyl (C=O) groups is 2. The van der Waals surface area contributed by atoms with Gasteiger partial charge in [0.2, 0.25) is 18.2 Å². The van der Waals surface area contributed by atoms with Crippen molar-refractivity contribution in [2.45, 2.75) is 76.8 Å². The number of benzene rings is 2. The van der Waals surface area contributed by atoms with Gasteiger partial charge in [0.25, 0.3) is 10.0 Å². The summed E-state index contributed by atoms with van der Waals surface area (Å²) in [5.74, 6) is 0.280. The third-order valence-electron chi connectivity index (χ3n) is 8.85. The van der Waals surface area contributed by atoms with E-state index in [-0.39, 0.29) is 42.1 Å². The average molecular weight is 635 g/mol. The predicted octanol–water partition coefficient (Wildman–Crippen LogP) is 5.57. The number of rotatable bonds is 15. The van der Waals surface area contributed by atoms with E-state index < -0.39 is 10.0 Å². The molecule has 0 saturated heterocycles. The molecule has 2 saturated carbocycles. The first-order valence-corrected chi connectivity index (χ1v) is 16.8. The highest BCUT2D eigenvalue weighted by Crippen LogP contribution is 2.62. The van der Waals surface area contributed by atoms with Gasteiger partial charge in [0.05, 0.1) is 16.6 Å². The average Bonchev–Trinajstić information content (AvgIpc) is 3.79. The van der Waals surface area contributed by atoms with Crippen molar-refractivity contribution in [3.8, 4) is 17.1 Å². The van der Waals surface area contributed by atoms with Crippen LogP contribution in [0.25, 0.3) is 11.3 Å². The molecule has 240 valence electrons. The van der Waals surface area contributed by atoms with Crippen LogP contribution >= 0.6 is 0 Å². The molecule has 1 heterocycles. The Labute approximate surface area is 265 Å². The predicted molar refractivity (Wildman–Crippen MR) is 172 cm³/mol. The molecule has 10 nitrogen and oxygen atoms in total. The summed E-state index contributed by atoms with van der Waals surface area (Å²) in [7, 11) is -2.76. The van der Waals surface area contributed by atoms with E-state index in [1.807, 2.05) is 30.9 Å². The highest BCUT2D eigenvalue weighted by atomic mass is 32.2. The van der Waals surface area contributed by atoms with Gasteiger partial charge in [-0.2, -0.15) is 4.98 Å². The lowest BCUT2D eigenvalue weighted by atomic mass is 9.75. The van der Waals surface area contributed by atoms with E-state index in [1.54, 1.807) is 30.3 Å². The number of carbonyl (C=O) groups excluding carboxylic acids is 2. The van der Waals surface area contributed by atoms with Crippen molar-refractivity contribution in [1.29, 1.82) is 0 Å². The monoisotopic (exact) mass is 634 g/mol. The van der Waals surface area contributed by atoms with Crippen LogP contribution < -0.4 is 9.04 Å². The van der Waals surface area contributed by atoms with Gasteiger partial charge in [-0.15, -0.1) is 0 Å². The minimum atomic E-state index is -4.15. The topological polar surface area (TPSA) is 119 Å². The third kappa shape index (κ3) is 7.04. The number of hydrogen-bond acceptors (Lipinski definition) is 8. The Bertz CT molecular complexity index is 1650. The van der Waals surface area contributed by atoms with E-state index in [1.165, 1.54) is 26.0 Å². The van der Waals surface area contributed by atoms with Crippen LogP contribution in [0.3, 0.4) is 0 Å². The van der Waals surface area contributed by atoms with E-state index in [9.17, 15) is 18.0 Å². The second-order valence-corrected chi connectivity index (χ2v) is 14.7. The zero-order valence-electron chi connectivity index (χ0n) is 26.6. The molecule has 0 bridgehead atoms. The Kier molecular flexibility index (Phi) is 9.60. The van der Waals surface area contributed by atoms with E-state index >= 15 is 0 Å². The minimum Gasteiger partial charge on any atom is -0.475 e. The molecule has 11 heteroatoms. The Morgan fingerprint density at radius 1 is 1.04 bits per heavy atom. The molecule has 2 aliphatic carbocycles. The van der Waals surface area contributed by atoms with Crippen molar-refractivity contribution in [2.75, 3.05) is 24.8 Å². The Morgan fingerprint density at radius 3 is 2.40 bits per heavy atom. The van der Waals surface area contributed by atoms with Gasteiger partial charge in [0.15, 0.2) is 6.29 Å². The fourth-order valence-corrected chi connectivity index (χ4v) is 7.71. The summed E-state index contributed by atoms with van der Waals surface area (Å²) in [6.07, 6.45) is 6.92. The lowest BCUT2D eigenvalue weighted by Crippen LogP contribution is -2.52. The molecular formula is C34H42N4O6S. The lowest BCUT2D eigenvalue weighted by Gasteiger charge is -2.45. The maximum absolute atomic E-state index is 13.9. The van der Waals surface area contributed by atoms with Crippen molar-refractivity contribution in [2.24, 2.45) is 11.3 Å². The number of nitrogens with zero attached hydrogens (tertiary/aromatic N) is 4. The molecule has 0 N–H and O–H groups in total. The Balaban J connectivity index is 1.55. The quantitative estimate of drug-likeness (QED) is 0.157. The van der Waals surface area contributed by atoms with Gasteiger partial charge in [-0.05, 0) is 80.5 Å². The first-order chi connectivity index (χ1) is 21.5. The van der Waals surface area contributed by atoms with E-state index in [0.717, 1.165) is 47.4 Å². The maximum atomic E-state index is 13.9. The largest absolute Gasteiger partial charge is 0.475 e. The number of ether oxygens (including phenoxy) is 2. The molecule has 1 spiro atoms. The third-order valence-corrected chi connectivity index (χ3v) is 10.6. The zero-order chi connectivity index (χ0) is 32.4. The van der Waals surface area contributed by atoms with E-state index in [0.29, 0.717) is 28.2 Å². The van der Waals surface area contributed by atoms with Gasteiger partial charge in [-0.25, -0.2) is 17.7 Å². The van der Waals surface area contributed by atoms with E-state index in [2.05, 4.69) is 23.8 Å². The molecule has 0 radical (unpaired) electrons. The number of aromatic nitrogens is 2. The number of aryl methyl sites for hydroxylation is 2. The molecule has 2 aromatic carbocycles. The Morgan fingerprint density at radius 2 is 1.78 bits per heavy atom. The molecule has 2 fully saturated rings. The summed E-state index contributed by atoms with van der Waals surface area (Å²) in [6, 6.07) is 13.5. The van der Waals surface area contributed by atoms with Gasteiger partial charge in [-0.1, -0.05) is 44.2 Å². The number of anilines is 1. The molecule has 5 rings (SSSR count). The standard InChI is InChI=1S/C34H42N4O6S/c1-23(2)14-27(37(21-40)28-17-34(18-28)12-13-34)20-44-31-16-30(32-25(4)9-7-10-26(32)19-39)35-33(36-31)38(22-43-5)45(41,42)29-11-6-8-24(3)15-29/h6-11,15-16,19,21,23,27-28H,12-14,17-18,20,22H2,1-5H3/t27-/m1/s1. The van der Waals surface area contributed by atoms with Crippen molar-refractivity contribution in [1.82, 2.24) is 14.9 Å². The number of amides is 1. The van der Waals surface area contributed by atoms with Crippen molar-refractivity contribution in [3.05, 3.63) is 65.2 Å². The van der Waals surface area contributed by atoms with Crippen molar-refractivity contribution in [3.63, 3.8) is 0 Å². The molecule has 1 atom stereocenters. The number of aldehydes is 1. The molecule has 1 aromatic heterocycles. The zero-order valence-corrected chi connectivity index (χ0v) is 27.4. The van der Waals surface area contributed by atoms with E-state index in [4.69, 9.17) is 9.47 Å². The molecular weight excluding hydrogens is 592 g/mol. The van der Waals surface area contributed by atoms with Crippen LogP contribution in [-0.2, 0) is 19.6 Å². The summed E-state index contributed by atoms with van der Waals surface area (Å²) in [5, 5.41) is 0. The number of hydrogen-bond donors (Lipinski definition) is 0. The van der Waals surface area contributed by atoms with Gasteiger partial charge in [0.1, 0.15) is 13.3 Å². The Hall–Kier alpha value is -3.83. The van der Waals surface area contributed by atoms with Crippen LogP contribution in [0.15, 0.2) is 53.4 Å². The van der Waals surface area contributed by atoms with Crippen molar-refractivity contribution < 1.29 is 27.5 Å². The summed E-state index contributed by atoms with van der Waals surface area (Å²) < 4.78 is 40.5. The molecule has 2 aliphatic rings. The number of methoxy groups -OCH3 is 1. The molecule has 3 aromatic rings. The summed E-state index contributed by atoms with van der Waals surface area (Å²) in [4.78, 5) is 35.6. The van der Waals surface area contributed by atoms with Gasteiger partial charge >= 0.3 is 0 Å². The van der Waals surface area contributed by atoms with Gasteiger partial charge in [0, 0.05) is 30.3 Å². The van der Waals surface area contributed by atoms with Crippen LogP contribution in [0.2, 0.25) is 0 Å². The van der Waals surface area contributed by atoms with Crippen LogP contribution in [-0.4, -0.2) is 68.5 Å². The summed E-state index contributed by atoms with van der Waals surface area (Å²) >= 11 is 0. The second-order valence-electron chi connectivity index (χ2n) is 12.8. The molecule has 0 unspecified atom stereocenters. The van der Waals surface area contributed by atoms with Gasteiger partial charge < -0.3 is 14.4 Å². The summed E-state index contributed by atoms with van der Waals surface area (Å²) in [6.45, 7) is 7.69. The molecule has 0 aliphatic heterocycles. The SMILES string of the molecule is COCN(c1nc(OC[C@@H](CC(C)C)N(C=O)C2CC3(CC3)C2)cc(-c2c(C)cccc2C=O)n1)S(=O)(=O)c1cccc(C)c1. The second kappa shape index (κ2) is 13.3. The molecule has 45 heavy (non-hydrogen) atoms. The maximum Gasteiger partial charge on any atom is 0.268 e. The fraction of sp³-hybridized carbons (Fsp3) is 0.471. The van der Waals surface area contributed by atoms with Crippen molar-refractivity contribution >= 4 is 28.7 Å². The van der Waals surface area contributed by atoms with Crippen LogP contribution in [0, 0.1) is 25.2 Å². The van der Waals surface area contributed by atoms with Crippen LogP contribution in [0.5, 0.6) is 5.88 Å². The van der Waals surface area contributed by atoms with Crippen LogP contribution in [0.1, 0.15) is 67.4 Å². The minimum absolute atomic E-state index is 0.0630. The first-order valence-electron chi connectivity index (χ1n) is 15.4. The van der Waals surface area contributed by atoms with Crippen LogP contribution in [0.4, 0.5) is 5.95 Å². The summed E-state index contributed by atoms with van der Waals surface area (Å²) in [5.41, 5.74) is 3.26. The first kappa shape index (κ1) is 32.6. The molecule has 1 amide bonds. The number of sulfonamides is 1. The smallest absolute Gasteiger partial charge is 0.268 e. The fourth-order valence-electron chi connectivity index (χ4n) is 6.33. The highest BCUT2D eigenvalue weighted by molar-refractivity contribution is 7.92. The van der Waals surface area contributed by atoms with Gasteiger partial charge in [-0.3, -0.25) is 9.59 Å². The normalized spacial score (nSPS) is 16.2. The lowest BCUT2D eigenvalue weighted by molar-refractivity contribution is -0.128. The highest BCUT2D eigenvalue weighted by Gasteiger charge is 2.55.